The molecule has 0 aliphatic carbocycles. The fraction of sp³-hybridized carbons (Fsp3) is 0.410. The van der Waals surface area contributed by atoms with E-state index in [9.17, 15) is 19.5 Å². The highest BCUT2D eigenvalue weighted by Gasteiger charge is 2.27. The van der Waals surface area contributed by atoms with Crippen molar-refractivity contribution in [3.8, 4) is 0 Å². The van der Waals surface area contributed by atoms with Crippen molar-refractivity contribution in [3.05, 3.63) is 93.7 Å². The lowest BCUT2D eigenvalue weighted by molar-refractivity contribution is 0.0980. The van der Waals surface area contributed by atoms with Gasteiger partial charge in [-0.25, -0.2) is 4.99 Å². The van der Waals surface area contributed by atoms with Crippen LogP contribution >= 0.6 is 0 Å². The first-order valence-corrected chi connectivity index (χ1v) is 18.5. The number of carbonyl (C=O) groups excluding carboxylic acids is 3. The van der Waals surface area contributed by atoms with Crippen molar-refractivity contribution in [2.75, 3.05) is 0 Å². The summed E-state index contributed by atoms with van der Waals surface area (Å²) in [6.07, 6.45) is -1.20. The molecule has 4 heterocycles. The van der Waals surface area contributed by atoms with Crippen LogP contribution in [0.25, 0.3) is 22.1 Å². The molecule has 0 bridgehead atoms. The highest BCUT2D eigenvalue weighted by atomic mass is 16.3. The lowest BCUT2D eigenvalue weighted by Gasteiger charge is -2.28. The minimum Gasteiger partial charge on any atom is -0.367 e. The number of hydrogen-bond acceptors (Lipinski definition) is 7. The molecule has 0 aliphatic rings. The van der Waals surface area contributed by atoms with E-state index in [1.165, 1.54) is 0 Å². The van der Waals surface area contributed by atoms with Gasteiger partial charge in [0.25, 0.3) is 5.91 Å². The Morgan fingerprint density at radius 2 is 1.31 bits per heavy atom. The standard InChI is InChI=1S/C39H50N12O4/c1-10-49-32(16-22(4)44-49)36(54)42-38-46(8)30-18-26(34(40)52)12-14-28(30)48(38)20-21(3)24(6)25(7)51-29-15-13-27(35(41)53)19-31(29)47(9)39(51)43-37(55)33-17-23(5)45-50(33)11-2/h12-19,21,24-25,36,54H,10-11,20H2,1-9H3,(H2,40,52)(H2,41,53). The van der Waals surface area contributed by atoms with Gasteiger partial charge in [-0.2, -0.15) is 15.2 Å². The quantitative estimate of drug-likeness (QED) is 0.171. The number of nitrogens with zero attached hydrogens (tertiary/aromatic N) is 10. The topological polar surface area (TPSA) is 204 Å². The lowest BCUT2D eigenvalue weighted by Crippen LogP contribution is -2.34. The molecule has 0 saturated heterocycles. The predicted octanol–water partition coefficient (Wildman–Crippen LogP) is 3.39. The molecule has 16 heteroatoms. The van der Waals surface area contributed by atoms with Crippen molar-refractivity contribution in [1.29, 1.82) is 0 Å². The molecule has 6 aromatic rings. The van der Waals surface area contributed by atoms with E-state index in [0.717, 1.165) is 22.2 Å². The van der Waals surface area contributed by atoms with Crippen LogP contribution in [0.3, 0.4) is 0 Å². The fourth-order valence-electron chi connectivity index (χ4n) is 7.44. The average Bonchev–Trinajstić information content (AvgIpc) is 3.88. The van der Waals surface area contributed by atoms with Crippen LogP contribution in [0, 0.1) is 25.7 Å². The van der Waals surface area contributed by atoms with Crippen LogP contribution < -0.4 is 22.7 Å². The summed E-state index contributed by atoms with van der Waals surface area (Å²) in [6.45, 7) is 15.5. The molecular weight excluding hydrogens is 701 g/mol. The highest BCUT2D eigenvalue weighted by Crippen LogP contribution is 2.30. The van der Waals surface area contributed by atoms with Crippen LogP contribution in [0.2, 0.25) is 0 Å². The number of aliphatic hydroxyl groups is 1. The molecule has 55 heavy (non-hydrogen) atoms. The van der Waals surface area contributed by atoms with Crippen LogP contribution in [0.4, 0.5) is 0 Å². The normalized spacial score (nSPS) is 14.9. The maximum absolute atomic E-state index is 13.8. The first-order chi connectivity index (χ1) is 26.1. The summed E-state index contributed by atoms with van der Waals surface area (Å²) in [5, 5.41) is 20.4. The third-order valence-corrected chi connectivity index (χ3v) is 10.7. The van der Waals surface area contributed by atoms with Crippen LogP contribution in [0.15, 0.2) is 58.5 Å². The van der Waals surface area contributed by atoms with Crippen LogP contribution in [-0.2, 0) is 33.7 Å². The van der Waals surface area contributed by atoms with E-state index < -0.39 is 23.9 Å². The van der Waals surface area contributed by atoms with Crippen molar-refractivity contribution in [1.82, 2.24) is 37.8 Å². The third kappa shape index (κ3) is 7.04. The number of carbonyl (C=O) groups is 3. The van der Waals surface area contributed by atoms with E-state index in [-0.39, 0.29) is 17.9 Å². The van der Waals surface area contributed by atoms with E-state index in [4.69, 9.17) is 16.5 Å². The van der Waals surface area contributed by atoms with Crippen molar-refractivity contribution >= 4 is 39.8 Å². The monoisotopic (exact) mass is 750 g/mol. The van der Waals surface area contributed by atoms with Crippen molar-refractivity contribution in [3.63, 3.8) is 0 Å². The molecule has 0 aliphatic heterocycles. The zero-order chi connectivity index (χ0) is 40.0. The summed E-state index contributed by atoms with van der Waals surface area (Å²) in [5.41, 5.74) is 18.4. The highest BCUT2D eigenvalue weighted by molar-refractivity contribution is 5.97. The molecule has 0 spiro atoms. The van der Waals surface area contributed by atoms with Crippen LogP contribution in [-0.4, -0.2) is 60.7 Å². The van der Waals surface area contributed by atoms with Crippen molar-refractivity contribution < 1.29 is 19.5 Å². The molecule has 2 aromatic carbocycles. The number of aryl methyl sites for hydroxylation is 6. The zero-order valence-electron chi connectivity index (χ0n) is 32.8. The smallest absolute Gasteiger partial charge is 0.298 e. The van der Waals surface area contributed by atoms with E-state index >= 15 is 0 Å². The third-order valence-electron chi connectivity index (χ3n) is 10.7. The van der Waals surface area contributed by atoms with Gasteiger partial charge >= 0.3 is 0 Å². The van der Waals surface area contributed by atoms with Gasteiger partial charge < -0.3 is 34.8 Å². The number of aliphatic hydroxyl groups excluding tert-OH is 1. The molecule has 6 rings (SSSR count). The number of benzene rings is 2. The van der Waals surface area contributed by atoms with Gasteiger partial charge in [0, 0.05) is 50.9 Å². The van der Waals surface area contributed by atoms with E-state index in [1.807, 2.05) is 78.3 Å². The second-order valence-electron chi connectivity index (χ2n) is 14.3. The van der Waals surface area contributed by atoms with Gasteiger partial charge in [0.2, 0.25) is 23.1 Å². The maximum atomic E-state index is 13.8. The number of rotatable bonds is 12. The van der Waals surface area contributed by atoms with Gasteiger partial charge in [-0.05, 0) is 95.0 Å². The number of amides is 3. The summed E-state index contributed by atoms with van der Waals surface area (Å²) in [7, 11) is 3.66. The fourth-order valence-corrected chi connectivity index (χ4v) is 7.44. The zero-order valence-corrected chi connectivity index (χ0v) is 32.8. The van der Waals surface area contributed by atoms with E-state index in [2.05, 4.69) is 36.0 Å². The molecule has 0 saturated carbocycles. The van der Waals surface area contributed by atoms with Gasteiger partial charge in [0.05, 0.1) is 39.1 Å². The molecule has 5 N–H and O–H groups in total. The minimum atomic E-state index is -1.20. The largest absolute Gasteiger partial charge is 0.367 e. The Morgan fingerprint density at radius 1 is 0.764 bits per heavy atom. The minimum absolute atomic E-state index is 0.0173. The lowest BCUT2D eigenvalue weighted by atomic mass is 9.89. The summed E-state index contributed by atoms with van der Waals surface area (Å²) >= 11 is 0. The number of primary amides is 2. The first-order valence-electron chi connectivity index (χ1n) is 18.5. The Labute approximate surface area is 318 Å². The van der Waals surface area contributed by atoms with Gasteiger partial charge in [0.15, 0.2) is 6.23 Å². The summed E-state index contributed by atoms with van der Waals surface area (Å²) in [6, 6.07) is 13.8. The number of hydrogen-bond donors (Lipinski definition) is 3. The predicted molar refractivity (Wildman–Crippen MR) is 208 cm³/mol. The molecule has 0 radical (unpaired) electrons. The first kappa shape index (κ1) is 38.7. The van der Waals surface area contributed by atoms with Crippen molar-refractivity contribution in [2.24, 2.45) is 47.4 Å². The Morgan fingerprint density at radius 3 is 1.91 bits per heavy atom. The van der Waals surface area contributed by atoms with Gasteiger partial charge in [0.1, 0.15) is 5.69 Å². The molecule has 16 nitrogen and oxygen atoms in total. The summed E-state index contributed by atoms with van der Waals surface area (Å²) in [4.78, 5) is 47.7. The summed E-state index contributed by atoms with van der Waals surface area (Å²) < 4.78 is 11.1. The molecule has 290 valence electrons. The Bertz CT molecular complexity index is 2610. The Balaban J connectivity index is 1.47. The molecule has 4 unspecified atom stereocenters. The molecule has 4 atom stereocenters. The Kier molecular flexibility index (Phi) is 10.6. The number of fused-ring (bicyclic) bond motifs is 2. The average molecular weight is 751 g/mol. The molecular formula is C39H50N12O4. The number of imidazole rings is 2. The van der Waals surface area contributed by atoms with Crippen molar-refractivity contribution in [2.45, 2.75) is 80.4 Å². The molecule has 3 amide bonds. The number of nitrogens with two attached hydrogens (primary N) is 2. The summed E-state index contributed by atoms with van der Waals surface area (Å²) in [5.74, 6) is -1.59. The van der Waals surface area contributed by atoms with Gasteiger partial charge in [-0.15, -0.1) is 0 Å². The second kappa shape index (κ2) is 15.0. The van der Waals surface area contributed by atoms with Gasteiger partial charge in [-0.1, -0.05) is 13.8 Å². The van der Waals surface area contributed by atoms with Crippen LogP contribution in [0.5, 0.6) is 0 Å². The van der Waals surface area contributed by atoms with E-state index in [1.54, 1.807) is 39.7 Å². The molecule has 0 fully saturated rings. The maximum Gasteiger partial charge on any atom is 0.298 e. The SMILES string of the molecule is CCn1nc(C)cc1C(=O)N=c1n(C)c2cc(C(N)=O)ccc2n1C(C)C(C)C(C)Cn1c(=NC(O)c2cc(C)nn2CC)n(C)c2cc(C(N)=O)ccc21. The number of aromatic nitrogens is 8. The Hall–Kier alpha value is -6.03. The van der Waals surface area contributed by atoms with Gasteiger partial charge in [-0.3, -0.25) is 23.7 Å². The van der Waals surface area contributed by atoms with E-state index in [0.29, 0.717) is 64.6 Å². The second-order valence-corrected chi connectivity index (χ2v) is 14.3. The van der Waals surface area contributed by atoms with Crippen LogP contribution in [0.1, 0.15) is 95.2 Å². The molecule has 4 aromatic heterocycles.